The third-order valence-corrected chi connectivity index (χ3v) is 4.16. The number of aryl methyl sites for hydroxylation is 2. The van der Waals surface area contributed by atoms with E-state index < -0.39 is 17.8 Å². The van der Waals surface area contributed by atoms with Crippen molar-refractivity contribution in [3.05, 3.63) is 28.8 Å². The van der Waals surface area contributed by atoms with E-state index in [1.807, 2.05) is 0 Å². The van der Waals surface area contributed by atoms with E-state index in [1.54, 1.807) is 25.6 Å². The zero-order valence-electron chi connectivity index (χ0n) is 13.6. The fraction of sp³-hybridized carbons (Fsp3) is 0.533. The van der Waals surface area contributed by atoms with Gasteiger partial charge in [-0.05, 0) is 32.8 Å². The maximum absolute atomic E-state index is 12.9. The van der Waals surface area contributed by atoms with Crippen molar-refractivity contribution in [2.24, 2.45) is 7.05 Å². The third kappa shape index (κ3) is 3.15. The lowest BCUT2D eigenvalue weighted by atomic mass is 10.2. The molecule has 1 amide bonds. The van der Waals surface area contributed by atoms with Crippen molar-refractivity contribution in [3.63, 3.8) is 0 Å². The van der Waals surface area contributed by atoms with Gasteiger partial charge in [0.1, 0.15) is 6.54 Å². The normalized spacial score (nSPS) is 14.9. The molecular formula is C15H18F3N5O. The van der Waals surface area contributed by atoms with Crippen LogP contribution in [0.5, 0.6) is 0 Å². The highest BCUT2D eigenvalue weighted by molar-refractivity contribution is 5.91. The maximum Gasteiger partial charge on any atom is 0.435 e. The van der Waals surface area contributed by atoms with Crippen molar-refractivity contribution in [2.75, 3.05) is 5.32 Å². The summed E-state index contributed by atoms with van der Waals surface area (Å²) in [4.78, 5) is 12.3. The second-order valence-corrected chi connectivity index (χ2v) is 6.10. The molecule has 2 heterocycles. The molecule has 1 aliphatic rings. The molecule has 130 valence electrons. The molecule has 6 nitrogen and oxygen atoms in total. The van der Waals surface area contributed by atoms with E-state index >= 15 is 0 Å². The van der Waals surface area contributed by atoms with Crippen LogP contribution in [0.1, 0.15) is 41.5 Å². The number of anilines is 1. The van der Waals surface area contributed by atoms with Crippen molar-refractivity contribution >= 4 is 11.6 Å². The van der Waals surface area contributed by atoms with Gasteiger partial charge >= 0.3 is 6.18 Å². The van der Waals surface area contributed by atoms with Gasteiger partial charge in [0.05, 0.1) is 17.1 Å². The Kier molecular flexibility index (Phi) is 3.89. The van der Waals surface area contributed by atoms with Gasteiger partial charge in [-0.3, -0.25) is 14.2 Å². The highest BCUT2D eigenvalue weighted by Gasteiger charge is 2.38. The molecule has 9 heteroatoms. The highest BCUT2D eigenvalue weighted by atomic mass is 19.4. The molecule has 1 N–H and O–H groups in total. The molecular weight excluding hydrogens is 323 g/mol. The molecule has 0 atom stereocenters. The number of rotatable bonds is 4. The van der Waals surface area contributed by atoms with Gasteiger partial charge in [0.15, 0.2) is 5.69 Å². The highest BCUT2D eigenvalue weighted by Crippen LogP contribution is 2.42. The van der Waals surface area contributed by atoms with Gasteiger partial charge in [0, 0.05) is 18.7 Å². The first-order valence-electron chi connectivity index (χ1n) is 7.62. The van der Waals surface area contributed by atoms with Crippen LogP contribution in [0.2, 0.25) is 0 Å². The molecule has 0 radical (unpaired) electrons. The Morgan fingerprint density at radius 2 is 2.00 bits per heavy atom. The van der Waals surface area contributed by atoms with Gasteiger partial charge in [0.2, 0.25) is 5.91 Å². The Morgan fingerprint density at radius 3 is 2.50 bits per heavy atom. The standard InChI is InChI=1S/C15H18F3N5O/c1-8-14(9(2)22(3)20-8)19-13(24)7-23-11(10-4-5-10)6-12(21-23)15(16,17)18/h6,10H,4-5,7H2,1-3H3,(H,19,24). The van der Waals surface area contributed by atoms with E-state index in [4.69, 9.17) is 0 Å². The first-order chi connectivity index (χ1) is 11.2. The van der Waals surface area contributed by atoms with Crippen molar-refractivity contribution in [2.45, 2.75) is 45.3 Å². The smallest absolute Gasteiger partial charge is 0.321 e. The van der Waals surface area contributed by atoms with E-state index in [-0.39, 0.29) is 12.5 Å². The van der Waals surface area contributed by atoms with Gasteiger partial charge in [-0.15, -0.1) is 0 Å². The van der Waals surface area contributed by atoms with Gasteiger partial charge in [0.25, 0.3) is 0 Å². The molecule has 3 rings (SSSR count). The second-order valence-electron chi connectivity index (χ2n) is 6.10. The minimum absolute atomic E-state index is 0.0586. The number of alkyl halides is 3. The Hall–Kier alpha value is -2.32. The van der Waals surface area contributed by atoms with Crippen molar-refractivity contribution in [1.29, 1.82) is 0 Å². The number of carbonyl (C=O) groups is 1. The number of nitrogens with zero attached hydrogens (tertiary/aromatic N) is 4. The minimum Gasteiger partial charge on any atom is -0.321 e. The van der Waals surface area contributed by atoms with Crippen LogP contribution in [0.3, 0.4) is 0 Å². The quantitative estimate of drug-likeness (QED) is 0.930. The molecule has 24 heavy (non-hydrogen) atoms. The monoisotopic (exact) mass is 341 g/mol. The Morgan fingerprint density at radius 1 is 1.33 bits per heavy atom. The number of aromatic nitrogens is 4. The molecule has 2 aromatic rings. The molecule has 0 unspecified atom stereocenters. The molecule has 0 saturated heterocycles. The summed E-state index contributed by atoms with van der Waals surface area (Å²) in [6.07, 6.45) is -2.86. The van der Waals surface area contributed by atoms with E-state index in [2.05, 4.69) is 15.5 Å². The van der Waals surface area contributed by atoms with Crippen LogP contribution in [-0.4, -0.2) is 25.5 Å². The molecule has 0 aromatic carbocycles. The number of carbonyl (C=O) groups excluding carboxylic acids is 1. The largest absolute Gasteiger partial charge is 0.435 e. The van der Waals surface area contributed by atoms with Crippen LogP contribution < -0.4 is 5.32 Å². The van der Waals surface area contributed by atoms with Gasteiger partial charge < -0.3 is 5.32 Å². The first-order valence-corrected chi connectivity index (χ1v) is 7.62. The zero-order chi connectivity index (χ0) is 17.6. The molecule has 0 aliphatic heterocycles. The Bertz CT molecular complexity index is 786. The summed E-state index contributed by atoms with van der Waals surface area (Å²) in [5.74, 6) is -0.365. The van der Waals surface area contributed by atoms with E-state index in [9.17, 15) is 18.0 Å². The van der Waals surface area contributed by atoms with E-state index in [0.29, 0.717) is 17.1 Å². The Balaban J connectivity index is 1.80. The maximum atomic E-state index is 12.9. The number of nitrogens with one attached hydrogen (secondary N) is 1. The summed E-state index contributed by atoms with van der Waals surface area (Å²) in [7, 11) is 1.76. The zero-order valence-corrected chi connectivity index (χ0v) is 13.6. The fourth-order valence-corrected chi connectivity index (χ4v) is 2.67. The van der Waals surface area contributed by atoms with Crippen LogP contribution >= 0.6 is 0 Å². The summed E-state index contributed by atoms with van der Waals surface area (Å²) in [6, 6.07) is 1.05. The summed E-state index contributed by atoms with van der Waals surface area (Å²) in [6.45, 7) is 3.31. The first kappa shape index (κ1) is 16.5. The molecule has 0 bridgehead atoms. The molecule has 1 fully saturated rings. The number of hydrogen-bond acceptors (Lipinski definition) is 3. The minimum atomic E-state index is -4.51. The summed E-state index contributed by atoms with van der Waals surface area (Å²) in [5.41, 5.74) is 1.53. The van der Waals surface area contributed by atoms with Crippen LogP contribution in [0, 0.1) is 13.8 Å². The topological polar surface area (TPSA) is 64.7 Å². The number of halogens is 3. The predicted octanol–water partition coefficient (Wildman–Crippen LogP) is 2.77. The number of hydrogen-bond donors (Lipinski definition) is 1. The number of amides is 1. The summed E-state index contributed by atoms with van der Waals surface area (Å²) < 4.78 is 41.4. The van der Waals surface area contributed by atoms with Crippen LogP contribution in [0.4, 0.5) is 18.9 Å². The third-order valence-electron chi connectivity index (χ3n) is 4.16. The predicted molar refractivity (Wildman–Crippen MR) is 80.5 cm³/mol. The molecule has 1 saturated carbocycles. The SMILES string of the molecule is Cc1nn(C)c(C)c1NC(=O)Cn1nc(C(F)(F)F)cc1C1CC1. The lowest BCUT2D eigenvalue weighted by Crippen LogP contribution is -2.22. The lowest BCUT2D eigenvalue weighted by Gasteiger charge is -2.08. The van der Waals surface area contributed by atoms with Crippen molar-refractivity contribution < 1.29 is 18.0 Å². The fourth-order valence-electron chi connectivity index (χ4n) is 2.67. The summed E-state index contributed by atoms with van der Waals surface area (Å²) in [5, 5.41) is 10.5. The molecule has 2 aromatic heterocycles. The van der Waals surface area contributed by atoms with Crippen LogP contribution in [-0.2, 0) is 24.6 Å². The van der Waals surface area contributed by atoms with Gasteiger partial charge in [-0.2, -0.15) is 23.4 Å². The lowest BCUT2D eigenvalue weighted by molar-refractivity contribution is -0.141. The Labute approximate surface area is 136 Å². The van der Waals surface area contributed by atoms with Gasteiger partial charge in [-0.1, -0.05) is 0 Å². The second kappa shape index (κ2) is 5.64. The molecule has 0 spiro atoms. The van der Waals surface area contributed by atoms with Crippen LogP contribution in [0.25, 0.3) is 0 Å². The van der Waals surface area contributed by atoms with Crippen molar-refractivity contribution in [3.8, 4) is 0 Å². The summed E-state index contributed by atoms with van der Waals surface area (Å²) >= 11 is 0. The molecule has 1 aliphatic carbocycles. The van der Waals surface area contributed by atoms with E-state index in [0.717, 1.165) is 29.3 Å². The van der Waals surface area contributed by atoms with Gasteiger partial charge in [-0.25, -0.2) is 0 Å². The average molecular weight is 341 g/mol. The average Bonchev–Trinajstić information content (AvgIpc) is 3.18. The van der Waals surface area contributed by atoms with Crippen LogP contribution in [0.15, 0.2) is 6.07 Å². The van der Waals surface area contributed by atoms with Crippen molar-refractivity contribution in [1.82, 2.24) is 19.6 Å². The van der Waals surface area contributed by atoms with E-state index in [1.165, 1.54) is 0 Å².